The second-order valence-electron chi connectivity index (χ2n) is 5.21. The highest BCUT2D eigenvalue weighted by molar-refractivity contribution is 9.10. The summed E-state index contributed by atoms with van der Waals surface area (Å²) in [7, 11) is 0. The second kappa shape index (κ2) is 5.77. The lowest BCUT2D eigenvalue weighted by molar-refractivity contribution is 0.0110. The lowest BCUT2D eigenvalue weighted by Crippen LogP contribution is -2.30. The molecule has 1 fully saturated rings. The molecule has 1 aliphatic carbocycles. The highest BCUT2D eigenvalue weighted by Gasteiger charge is 2.28. The monoisotopic (exact) mass is 314 g/mol. The van der Waals surface area contributed by atoms with Crippen molar-refractivity contribution in [1.29, 1.82) is 0 Å². The van der Waals surface area contributed by atoms with Gasteiger partial charge in [-0.3, -0.25) is 0 Å². The predicted octanol–water partition coefficient (Wildman–Crippen LogP) is 4.48. The summed E-state index contributed by atoms with van der Waals surface area (Å²) in [6, 6.07) is 8.50. The van der Waals surface area contributed by atoms with E-state index in [0.717, 1.165) is 36.1 Å². The molecule has 1 aromatic carbocycles. The Morgan fingerprint density at radius 1 is 1.29 bits per heavy atom. The molecule has 1 aliphatic rings. The Morgan fingerprint density at radius 3 is 2.47 bits per heavy atom. The van der Waals surface area contributed by atoms with Gasteiger partial charge < -0.3 is 5.11 Å². The van der Waals surface area contributed by atoms with Gasteiger partial charge in [0.1, 0.15) is 0 Å². The zero-order valence-electron chi connectivity index (χ0n) is 10.2. The van der Waals surface area contributed by atoms with Crippen LogP contribution in [0.5, 0.6) is 0 Å². The minimum atomic E-state index is -0.404. The van der Waals surface area contributed by atoms with Crippen LogP contribution in [0.25, 0.3) is 0 Å². The Kier molecular flexibility index (Phi) is 4.56. The maximum Gasteiger partial charge on any atom is 0.0620 e. The molecule has 1 saturated carbocycles. The molecule has 3 heteroatoms. The fraction of sp³-hybridized carbons (Fsp3) is 0.571. The lowest BCUT2D eigenvalue weighted by atomic mass is 9.81. The lowest BCUT2D eigenvalue weighted by Gasteiger charge is -2.32. The van der Waals surface area contributed by atoms with E-state index in [-0.39, 0.29) is 0 Å². The first-order chi connectivity index (χ1) is 8.05. The second-order valence-corrected chi connectivity index (χ2v) is 7.21. The summed E-state index contributed by atoms with van der Waals surface area (Å²) in [5, 5.41) is 9.90. The first kappa shape index (κ1) is 13.4. The van der Waals surface area contributed by atoms with Gasteiger partial charge in [0.2, 0.25) is 0 Å². The molecule has 1 N–H and O–H groups in total. The molecule has 17 heavy (non-hydrogen) atoms. The van der Waals surface area contributed by atoms with Crippen molar-refractivity contribution in [1.82, 2.24) is 0 Å². The molecule has 0 saturated heterocycles. The molecule has 0 amide bonds. The van der Waals surface area contributed by atoms with E-state index >= 15 is 0 Å². The van der Waals surface area contributed by atoms with Gasteiger partial charge in [-0.2, -0.15) is 0 Å². The van der Waals surface area contributed by atoms with Crippen LogP contribution in [0.1, 0.15) is 32.6 Å². The van der Waals surface area contributed by atoms with E-state index in [0.29, 0.717) is 0 Å². The van der Waals surface area contributed by atoms with Crippen LogP contribution in [0.2, 0.25) is 0 Å². The molecule has 0 heterocycles. The van der Waals surface area contributed by atoms with E-state index in [1.54, 1.807) is 0 Å². The first-order valence-electron chi connectivity index (χ1n) is 6.16. The molecule has 2 rings (SSSR count). The third kappa shape index (κ3) is 4.31. The van der Waals surface area contributed by atoms with E-state index in [2.05, 4.69) is 40.2 Å². The molecule has 0 bridgehead atoms. The summed E-state index contributed by atoms with van der Waals surface area (Å²) in [5.74, 6) is 1.95. The fourth-order valence-electron chi connectivity index (χ4n) is 2.21. The van der Waals surface area contributed by atoms with Crippen LogP contribution in [0.3, 0.4) is 0 Å². The molecule has 0 aliphatic heterocycles. The van der Waals surface area contributed by atoms with E-state index < -0.39 is 5.60 Å². The Bertz CT molecular complexity index is 351. The summed E-state index contributed by atoms with van der Waals surface area (Å²) in [4.78, 5) is 1.34. The minimum Gasteiger partial charge on any atom is -0.390 e. The number of aliphatic hydroxyl groups is 1. The summed E-state index contributed by atoms with van der Waals surface area (Å²) >= 11 is 5.38. The maximum absolute atomic E-state index is 9.90. The van der Waals surface area contributed by atoms with Gasteiger partial charge in [0, 0.05) is 15.1 Å². The third-order valence-electron chi connectivity index (χ3n) is 3.48. The van der Waals surface area contributed by atoms with Crippen molar-refractivity contribution in [2.75, 3.05) is 5.75 Å². The van der Waals surface area contributed by atoms with E-state index in [1.807, 2.05) is 18.7 Å². The van der Waals surface area contributed by atoms with E-state index in [1.165, 1.54) is 10.6 Å². The van der Waals surface area contributed by atoms with Crippen LogP contribution in [-0.2, 0) is 0 Å². The van der Waals surface area contributed by atoms with Crippen molar-refractivity contribution in [3.63, 3.8) is 0 Å². The molecule has 0 radical (unpaired) electrons. The Balaban J connectivity index is 1.78. The highest BCUT2D eigenvalue weighted by atomic mass is 79.9. The Labute approximate surface area is 116 Å². The van der Waals surface area contributed by atoms with Gasteiger partial charge in [0.05, 0.1) is 5.60 Å². The number of rotatable bonds is 3. The van der Waals surface area contributed by atoms with Gasteiger partial charge in [0.15, 0.2) is 0 Å². The quantitative estimate of drug-likeness (QED) is 0.830. The van der Waals surface area contributed by atoms with Crippen molar-refractivity contribution in [2.45, 2.75) is 43.1 Å². The highest BCUT2D eigenvalue weighted by Crippen LogP contribution is 2.35. The Hall–Kier alpha value is 0.01000. The smallest absolute Gasteiger partial charge is 0.0620 e. The average molecular weight is 315 g/mol. The molecule has 1 aromatic rings. The maximum atomic E-state index is 9.90. The van der Waals surface area contributed by atoms with Gasteiger partial charge >= 0.3 is 0 Å². The van der Waals surface area contributed by atoms with Crippen molar-refractivity contribution in [3.05, 3.63) is 28.7 Å². The molecule has 0 aromatic heterocycles. The standard InChI is InChI=1S/C14H19BrOS/c1-14(16)8-6-11(7-9-14)10-17-13-4-2-12(15)3-5-13/h2-5,11,16H,6-10H2,1H3. The van der Waals surface area contributed by atoms with Crippen LogP contribution in [0, 0.1) is 5.92 Å². The number of hydrogen-bond donors (Lipinski definition) is 1. The zero-order chi connectivity index (χ0) is 12.3. The number of benzene rings is 1. The van der Waals surface area contributed by atoms with Crippen LogP contribution in [0.15, 0.2) is 33.6 Å². The molecule has 1 nitrogen and oxygen atoms in total. The SMILES string of the molecule is CC1(O)CCC(CSc2ccc(Br)cc2)CC1. The van der Waals surface area contributed by atoms with Gasteiger partial charge in [-0.05, 0) is 62.8 Å². The predicted molar refractivity (Wildman–Crippen MR) is 77.4 cm³/mol. The topological polar surface area (TPSA) is 20.2 Å². The van der Waals surface area contributed by atoms with Crippen molar-refractivity contribution in [2.24, 2.45) is 5.92 Å². The van der Waals surface area contributed by atoms with Crippen LogP contribution in [0.4, 0.5) is 0 Å². The number of hydrogen-bond acceptors (Lipinski definition) is 2. The Morgan fingerprint density at radius 2 is 1.88 bits per heavy atom. The number of thioether (sulfide) groups is 1. The normalized spacial score (nSPS) is 29.2. The van der Waals surface area contributed by atoms with Crippen molar-refractivity contribution in [3.8, 4) is 0 Å². The molecule has 94 valence electrons. The third-order valence-corrected chi connectivity index (χ3v) is 5.25. The largest absolute Gasteiger partial charge is 0.390 e. The van der Waals surface area contributed by atoms with E-state index in [9.17, 15) is 5.11 Å². The molecule has 0 unspecified atom stereocenters. The molecule has 0 spiro atoms. The minimum absolute atomic E-state index is 0.404. The molecular weight excluding hydrogens is 296 g/mol. The van der Waals surface area contributed by atoms with Gasteiger partial charge in [-0.1, -0.05) is 15.9 Å². The summed E-state index contributed by atoms with van der Waals surface area (Å²) in [5.41, 5.74) is -0.404. The summed E-state index contributed by atoms with van der Waals surface area (Å²) in [6.45, 7) is 1.96. The van der Waals surface area contributed by atoms with Crippen LogP contribution < -0.4 is 0 Å². The van der Waals surface area contributed by atoms with Gasteiger partial charge in [-0.15, -0.1) is 11.8 Å². The van der Waals surface area contributed by atoms with Crippen LogP contribution in [-0.4, -0.2) is 16.5 Å². The van der Waals surface area contributed by atoms with Gasteiger partial charge in [0.25, 0.3) is 0 Å². The molecule has 0 atom stereocenters. The van der Waals surface area contributed by atoms with Crippen molar-refractivity contribution >= 4 is 27.7 Å². The van der Waals surface area contributed by atoms with E-state index in [4.69, 9.17) is 0 Å². The molecular formula is C14H19BrOS. The zero-order valence-corrected chi connectivity index (χ0v) is 12.6. The number of halogens is 1. The first-order valence-corrected chi connectivity index (χ1v) is 7.94. The van der Waals surface area contributed by atoms with Gasteiger partial charge in [-0.25, -0.2) is 0 Å². The van der Waals surface area contributed by atoms with Crippen LogP contribution >= 0.6 is 27.7 Å². The summed E-state index contributed by atoms with van der Waals surface area (Å²) < 4.78 is 1.13. The average Bonchev–Trinajstić information content (AvgIpc) is 2.30. The van der Waals surface area contributed by atoms with Crippen molar-refractivity contribution < 1.29 is 5.11 Å². The summed E-state index contributed by atoms with van der Waals surface area (Å²) in [6.07, 6.45) is 4.24. The fourth-order valence-corrected chi connectivity index (χ4v) is 3.57.